The van der Waals surface area contributed by atoms with Crippen LogP contribution in [0.5, 0.6) is 0 Å². The summed E-state index contributed by atoms with van der Waals surface area (Å²) < 4.78 is 20.9. The molecular formula is C31H26FN7O2S. The zero-order chi connectivity index (χ0) is 28.8. The van der Waals surface area contributed by atoms with Gasteiger partial charge in [-0.25, -0.2) is 29.3 Å². The van der Waals surface area contributed by atoms with Crippen LogP contribution in [0, 0.1) is 5.82 Å². The van der Waals surface area contributed by atoms with Crippen molar-refractivity contribution < 1.29 is 13.6 Å². The van der Waals surface area contributed by atoms with Crippen LogP contribution >= 0.6 is 11.3 Å². The number of anilines is 2. The summed E-state index contributed by atoms with van der Waals surface area (Å²) in [5.74, 6) is 0.119. The second-order valence-corrected chi connectivity index (χ2v) is 11.6. The maximum absolute atomic E-state index is 14.8. The molecule has 2 N–H and O–H groups in total. The quantitative estimate of drug-likeness (QED) is 0.234. The van der Waals surface area contributed by atoms with Crippen LogP contribution in [-0.2, 0) is 16.6 Å². The van der Waals surface area contributed by atoms with Gasteiger partial charge in [0.25, 0.3) is 11.9 Å². The van der Waals surface area contributed by atoms with Crippen LogP contribution in [0.3, 0.4) is 0 Å². The molecule has 0 radical (unpaired) electrons. The number of amides is 1. The zero-order valence-electron chi connectivity index (χ0n) is 22.9. The van der Waals surface area contributed by atoms with Gasteiger partial charge in [-0.05, 0) is 18.9 Å². The number of thiazole rings is 1. The van der Waals surface area contributed by atoms with E-state index in [9.17, 15) is 9.18 Å². The van der Waals surface area contributed by atoms with Gasteiger partial charge in [0.2, 0.25) is 6.17 Å². The zero-order valence-corrected chi connectivity index (χ0v) is 23.7. The fraction of sp³-hybridized carbons (Fsp3) is 0.226. The number of benzene rings is 2. The van der Waals surface area contributed by atoms with Crippen molar-refractivity contribution in [2.75, 3.05) is 10.6 Å². The van der Waals surface area contributed by atoms with Crippen molar-refractivity contribution >= 4 is 34.7 Å². The number of rotatable bonds is 7. The number of hydrogen-bond donors (Lipinski definition) is 2. The van der Waals surface area contributed by atoms with Gasteiger partial charge in [0.1, 0.15) is 17.3 Å². The van der Waals surface area contributed by atoms with Gasteiger partial charge < -0.3 is 15.1 Å². The molecule has 1 saturated carbocycles. The number of carbonyl (C=O) groups is 1. The largest absolute Gasteiger partial charge is 0.422 e. The Morgan fingerprint density at radius 2 is 1.83 bits per heavy atom. The third-order valence-corrected chi connectivity index (χ3v) is 8.91. The average molecular weight is 580 g/mol. The molecule has 2 aliphatic rings. The summed E-state index contributed by atoms with van der Waals surface area (Å²) in [6.07, 6.45) is 6.96. The molecule has 42 heavy (non-hydrogen) atoms. The summed E-state index contributed by atoms with van der Waals surface area (Å²) in [5.41, 5.74) is 3.31. The molecule has 0 unspecified atom stereocenters. The molecular weight excluding hydrogens is 553 g/mol. The van der Waals surface area contributed by atoms with E-state index in [1.54, 1.807) is 29.7 Å². The highest BCUT2D eigenvalue weighted by atomic mass is 32.1. The van der Waals surface area contributed by atoms with E-state index in [-0.39, 0.29) is 17.1 Å². The van der Waals surface area contributed by atoms with Crippen LogP contribution in [-0.4, -0.2) is 37.7 Å². The first-order valence-electron chi connectivity index (χ1n) is 13.7. The van der Waals surface area contributed by atoms with Crippen LogP contribution in [0.25, 0.3) is 21.9 Å². The molecule has 0 saturated heterocycles. The van der Waals surface area contributed by atoms with Crippen LogP contribution in [0.15, 0.2) is 76.5 Å². The molecule has 210 valence electrons. The number of carbonyl (C=O) groups excluding carboxylic acids is 1. The molecule has 0 spiro atoms. The predicted octanol–water partition coefficient (Wildman–Crippen LogP) is 6.24. The lowest BCUT2D eigenvalue weighted by Crippen LogP contribution is -2.32. The summed E-state index contributed by atoms with van der Waals surface area (Å²) in [6, 6.07) is 14.0. The molecule has 4 heterocycles. The molecule has 1 atom stereocenters. The number of fused-ring (bicyclic) bond motifs is 1. The molecule has 11 heteroatoms. The number of halogens is 1. The molecule has 1 aliphatic heterocycles. The minimum Gasteiger partial charge on any atom is -0.422 e. The molecule has 5 aromatic rings. The smallest absolute Gasteiger partial charge is 0.297 e. The number of nitrogens with zero attached hydrogens (tertiary/aromatic N) is 5. The van der Waals surface area contributed by atoms with E-state index >= 15 is 0 Å². The normalized spacial score (nSPS) is 17.2. The van der Waals surface area contributed by atoms with Crippen molar-refractivity contribution in [1.29, 1.82) is 0 Å². The van der Waals surface area contributed by atoms with E-state index in [1.807, 2.05) is 49.6 Å². The third-order valence-electron chi connectivity index (χ3n) is 7.50. The summed E-state index contributed by atoms with van der Waals surface area (Å²) >= 11 is 1.61. The van der Waals surface area contributed by atoms with Crippen molar-refractivity contribution in [2.45, 2.75) is 44.7 Å². The predicted molar refractivity (Wildman–Crippen MR) is 159 cm³/mol. The van der Waals surface area contributed by atoms with Gasteiger partial charge in [0.05, 0.1) is 27.5 Å². The van der Waals surface area contributed by atoms with E-state index in [0.29, 0.717) is 22.7 Å². The summed E-state index contributed by atoms with van der Waals surface area (Å²) in [7, 11) is 0. The lowest BCUT2D eigenvalue weighted by Gasteiger charge is -2.11. The monoisotopic (exact) mass is 579 g/mol. The van der Waals surface area contributed by atoms with Crippen LogP contribution in [0.1, 0.15) is 48.6 Å². The number of aromatic nitrogens is 4. The minimum atomic E-state index is -1.13. The highest BCUT2D eigenvalue weighted by Gasteiger charge is 2.43. The Kier molecular flexibility index (Phi) is 6.38. The van der Waals surface area contributed by atoms with Crippen molar-refractivity contribution in [2.24, 2.45) is 4.99 Å². The van der Waals surface area contributed by atoms with Crippen LogP contribution in [0.2, 0.25) is 0 Å². The van der Waals surface area contributed by atoms with E-state index < -0.39 is 17.9 Å². The highest BCUT2D eigenvalue weighted by molar-refractivity contribution is 7.15. The molecule has 1 fully saturated rings. The van der Waals surface area contributed by atoms with Gasteiger partial charge in [0, 0.05) is 40.9 Å². The molecule has 0 bridgehead atoms. The molecule has 9 nitrogen and oxygen atoms in total. The Balaban J connectivity index is 1.24. The number of aryl methyl sites for hydroxylation is 1. The number of oxazole rings is 1. The first kappa shape index (κ1) is 26.1. The third kappa shape index (κ3) is 4.75. The topological polar surface area (TPSA) is 118 Å². The summed E-state index contributed by atoms with van der Waals surface area (Å²) in [4.78, 5) is 37.2. The lowest BCUT2D eigenvalue weighted by atomic mass is 10.0. The van der Waals surface area contributed by atoms with Gasteiger partial charge in [-0.3, -0.25) is 4.79 Å². The van der Waals surface area contributed by atoms with Crippen LogP contribution in [0.4, 0.5) is 16.1 Å². The molecule has 1 aliphatic carbocycles. The van der Waals surface area contributed by atoms with E-state index in [1.165, 1.54) is 6.07 Å². The molecule has 3 aromatic heterocycles. The van der Waals surface area contributed by atoms with E-state index in [4.69, 9.17) is 14.4 Å². The average Bonchev–Trinajstić information content (AvgIpc) is 3.40. The first-order valence-corrected chi connectivity index (χ1v) is 14.5. The van der Waals surface area contributed by atoms with Crippen molar-refractivity contribution in [1.82, 2.24) is 19.9 Å². The second-order valence-electron chi connectivity index (χ2n) is 10.6. The Morgan fingerprint density at radius 1 is 1.05 bits per heavy atom. The molecule has 2 aromatic carbocycles. The van der Waals surface area contributed by atoms with E-state index in [2.05, 4.69) is 32.5 Å². The number of nitrogens with one attached hydrogen (secondary N) is 2. The summed E-state index contributed by atoms with van der Waals surface area (Å²) in [5, 5.41) is 6.70. The van der Waals surface area contributed by atoms with E-state index in [0.717, 1.165) is 46.1 Å². The Morgan fingerprint density at radius 3 is 2.57 bits per heavy atom. The molecule has 1 amide bonds. The van der Waals surface area contributed by atoms with Gasteiger partial charge >= 0.3 is 0 Å². The Labute approximate surface area is 245 Å². The minimum absolute atomic E-state index is 0.0499. The van der Waals surface area contributed by atoms with Crippen LogP contribution < -0.4 is 10.6 Å². The number of hydrogen-bond acceptors (Lipinski definition) is 9. The Bertz CT molecular complexity index is 1830. The van der Waals surface area contributed by atoms with Crippen molar-refractivity contribution in [3.05, 3.63) is 94.9 Å². The summed E-state index contributed by atoms with van der Waals surface area (Å²) in [6.45, 7) is 4.22. The molecule has 7 rings (SSSR count). The number of aliphatic imine (C=N–C) groups is 1. The Hall–Kier alpha value is -4.77. The van der Waals surface area contributed by atoms with Crippen molar-refractivity contribution in [3.63, 3.8) is 0 Å². The number of benzodiazepines with no additional fused rings is 1. The maximum atomic E-state index is 14.8. The first-order chi connectivity index (χ1) is 20.4. The maximum Gasteiger partial charge on any atom is 0.297 e. The number of para-hydroxylation sites is 1. The standard InChI is InChI=1S/C31H26FN7O2S/c1-3-22-33-14-18(15-34-22)26-25(38-29(42-26)31(2)12-13-31)21-16-35-30(41-21)39-27-28(40)37-24-19(10-7-11-20(24)32)23(36-27)17-8-5-4-6-9-17/h4-11,14-16,27H,3,12-13H2,1-2H3,(H,35,39)(H,37,40)/t27-/m1/s1. The van der Waals surface area contributed by atoms with Gasteiger partial charge in [-0.1, -0.05) is 56.3 Å². The van der Waals surface area contributed by atoms with Gasteiger partial charge in [-0.15, -0.1) is 11.3 Å². The van der Waals surface area contributed by atoms with Crippen molar-refractivity contribution in [3.8, 4) is 21.9 Å². The lowest BCUT2D eigenvalue weighted by molar-refractivity contribution is -0.116. The highest BCUT2D eigenvalue weighted by Crippen LogP contribution is 2.52. The fourth-order valence-electron chi connectivity index (χ4n) is 4.79. The van der Waals surface area contributed by atoms with Gasteiger partial charge in [-0.2, -0.15) is 0 Å². The second kappa shape index (κ2) is 10.3. The fourth-order valence-corrected chi connectivity index (χ4v) is 6.03. The SMILES string of the molecule is CCc1ncc(-c2sc(C3(C)CC3)nc2-c2cnc(N[C@H]3N=C(c4ccccc4)c4cccc(F)c4NC3=O)o2)cn1. The van der Waals surface area contributed by atoms with Gasteiger partial charge in [0.15, 0.2) is 5.76 Å².